The third-order valence-electron chi connectivity index (χ3n) is 4.41. The van der Waals surface area contributed by atoms with E-state index in [1.54, 1.807) is 10.8 Å². The number of fused-ring (bicyclic) bond motifs is 2. The van der Waals surface area contributed by atoms with Crippen LogP contribution in [0.25, 0.3) is 21.3 Å². The SMILES string of the molecule is Cc1cc2c(=O)n(Cc3ccco3)c(SCc3nc4ccccc4[nH]3)nc2s1. The highest BCUT2D eigenvalue weighted by molar-refractivity contribution is 7.98. The molecular formula is C20H16N4O2S2. The molecule has 0 aliphatic heterocycles. The summed E-state index contributed by atoms with van der Waals surface area (Å²) in [6.45, 7) is 2.34. The number of hydrogen-bond donors (Lipinski definition) is 1. The Morgan fingerprint density at radius 2 is 2.11 bits per heavy atom. The van der Waals surface area contributed by atoms with Crippen molar-refractivity contribution in [2.75, 3.05) is 0 Å². The number of nitrogens with zero attached hydrogens (tertiary/aromatic N) is 3. The molecule has 5 aromatic rings. The van der Waals surface area contributed by atoms with E-state index >= 15 is 0 Å². The molecule has 4 heterocycles. The number of aromatic amines is 1. The highest BCUT2D eigenvalue weighted by atomic mass is 32.2. The molecule has 0 bridgehead atoms. The van der Waals surface area contributed by atoms with Gasteiger partial charge in [0.2, 0.25) is 0 Å². The van der Waals surface area contributed by atoms with E-state index in [9.17, 15) is 4.79 Å². The van der Waals surface area contributed by atoms with Crippen molar-refractivity contribution < 1.29 is 4.42 Å². The van der Waals surface area contributed by atoms with Crippen LogP contribution in [0.4, 0.5) is 0 Å². The van der Waals surface area contributed by atoms with Gasteiger partial charge in [-0.25, -0.2) is 9.97 Å². The van der Waals surface area contributed by atoms with Gasteiger partial charge in [0.25, 0.3) is 5.56 Å². The summed E-state index contributed by atoms with van der Waals surface area (Å²) in [5.74, 6) is 2.17. The molecule has 1 N–H and O–H groups in total. The van der Waals surface area contributed by atoms with E-state index in [-0.39, 0.29) is 5.56 Å². The molecule has 0 aliphatic rings. The van der Waals surface area contributed by atoms with Crippen molar-refractivity contribution in [1.29, 1.82) is 0 Å². The zero-order chi connectivity index (χ0) is 19.1. The largest absolute Gasteiger partial charge is 0.467 e. The van der Waals surface area contributed by atoms with Gasteiger partial charge in [-0.3, -0.25) is 9.36 Å². The van der Waals surface area contributed by atoms with E-state index in [2.05, 4.69) is 9.97 Å². The van der Waals surface area contributed by atoms with Crippen molar-refractivity contribution in [3.05, 3.63) is 75.5 Å². The molecule has 0 radical (unpaired) electrons. The second-order valence-corrected chi connectivity index (χ2v) is 8.61. The highest BCUT2D eigenvalue weighted by Gasteiger charge is 2.16. The second kappa shape index (κ2) is 6.96. The van der Waals surface area contributed by atoms with Crippen LogP contribution < -0.4 is 5.56 Å². The van der Waals surface area contributed by atoms with E-state index in [1.807, 2.05) is 49.4 Å². The lowest BCUT2D eigenvalue weighted by atomic mass is 10.3. The van der Waals surface area contributed by atoms with Gasteiger partial charge in [-0.1, -0.05) is 23.9 Å². The monoisotopic (exact) mass is 408 g/mol. The Hall–Kier alpha value is -2.84. The van der Waals surface area contributed by atoms with Crippen molar-refractivity contribution >= 4 is 44.3 Å². The summed E-state index contributed by atoms with van der Waals surface area (Å²) in [6, 6.07) is 13.5. The Balaban J connectivity index is 1.53. The predicted molar refractivity (Wildman–Crippen MR) is 112 cm³/mol. The van der Waals surface area contributed by atoms with Gasteiger partial charge in [-0.05, 0) is 37.3 Å². The van der Waals surface area contributed by atoms with Crippen molar-refractivity contribution in [3.63, 3.8) is 0 Å². The van der Waals surface area contributed by atoms with Crippen LogP contribution in [-0.4, -0.2) is 19.5 Å². The maximum atomic E-state index is 13.1. The first-order chi connectivity index (χ1) is 13.7. The number of para-hydroxylation sites is 2. The van der Waals surface area contributed by atoms with Gasteiger partial charge >= 0.3 is 0 Å². The molecule has 0 unspecified atom stereocenters. The van der Waals surface area contributed by atoms with Crippen LogP contribution in [0.5, 0.6) is 0 Å². The molecule has 8 heteroatoms. The minimum atomic E-state index is -0.0437. The maximum absolute atomic E-state index is 13.1. The van der Waals surface area contributed by atoms with E-state index in [4.69, 9.17) is 9.40 Å². The summed E-state index contributed by atoms with van der Waals surface area (Å²) in [5, 5.41) is 1.32. The van der Waals surface area contributed by atoms with Gasteiger partial charge < -0.3 is 9.40 Å². The normalized spacial score (nSPS) is 11.6. The summed E-state index contributed by atoms with van der Waals surface area (Å²) in [7, 11) is 0. The number of nitrogens with one attached hydrogen (secondary N) is 1. The number of H-pyrrole nitrogens is 1. The smallest absolute Gasteiger partial charge is 0.263 e. The first-order valence-corrected chi connectivity index (χ1v) is 10.6. The fourth-order valence-corrected chi connectivity index (χ4v) is 4.92. The minimum Gasteiger partial charge on any atom is -0.467 e. The Labute approximate surface area is 168 Å². The van der Waals surface area contributed by atoms with Gasteiger partial charge in [0.15, 0.2) is 5.16 Å². The Morgan fingerprint density at radius 3 is 2.93 bits per heavy atom. The average molecular weight is 409 g/mol. The van der Waals surface area contributed by atoms with Crippen LogP contribution in [0.3, 0.4) is 0 Å². The van der Waals surface area contributed by atoms with Gasteiger partial charge in [0.1, 0.15) is 16.4 Å². The molecule has 0 fully saturated rings. The second-order valence-electron chi connectivity index (χ2n) is 6.43. The lowest BCUT2D eigenvalue weighted by Gasteiger charge is -2.10. The molecule has 28 heavy (non-hydrogen) atoms. The summed E-state index contributed by atoms with van der Waals surface area (Å²) in [5.41, 5.74) is 1.89. The minimum absolute atomic E-state index is 0.0437. The molecule has 140 valence electrons. The molecule has 0 amide bonds. The number of furan rings is 1. The van der Waals surface area contributed by atoms with E-state index in [0.717, 1.165) is 32.3 Å². The number of thioether (sulfide) groups is 1. The molecule has 4 aromatic heterocycles. The standard InChI is InChI=1S/C20H16N4O2S2/c1-12-9-14-18(28-12)23-20(24(19(14)25)10-13-5-4-8-26-13)27-11-17-21-15-6-2-3-7-16(15)22-17/h2-9H,10-11H2,1H3,(H,21,22). The van der Waals surface area contributed by atoms with Gasteiger partial charge in [-0.15, -0.1) is 11.3 Å². The molecule has 6 nitrogen and oxygen atoms in total. The topological polar surface area (TPSA) is 76.7 Å². The molecule has 5 rings (SSSR count). The zero-order valence-corrected chi connectivity index (χ0v) is 16.6. The molecule has 0 saturated carbocycles. The van der Waals surface area contributed by atoms with Crippen molar-refractivity contribution in [1.82, 2.24) is 19.5 Å². The predicted octanol–water partition coefficient (Wildman–Crippen LogP) is 4.58. The molecule has 1 aromatic carbocycles. The molecule has 0 atom stereocenters. The number of aromatic nitrogens is 4. The maximum Gasteiger partial charge on any atom is 0.263 e. The summed E-state index contributed by atoms with van der Waals surface area (Å²) in [6.07, 6.45) is 1.61. The van der Waals surface area contributed by atoms with E-state index in [0.29, 0.717) is 22.8 Å². The van der Waals surface area contributed by atoms with Crippen LogP contribution in [0.15, 0.2) is 63.1 Å². The van der Waals surface area contributed by atoms with Gasteiger partial charge in [-0.2, -0.15) is 0 Å². The Bertz CT molecular complexity index is 1300. The number of hydrogen-bond acceptors (Lipinski definition) is 6. The molecule has 0 spiro atoms. The van der Waals surface area contributed by atoms with Crippen LogP contribution in [-0.2, 0) is 12.3 Å². The van der Waals surface area contributed by atoms with Crippen molar-refractivity contribution in [3.8, 4) is 0 Å². The van der Waals surface area contributed by atoms with Crippen molar-refractivity contribution in [2.24, 2.45) is 0 Å². The van der Waals surface area contributed by atoms with E-state index < -0.39 is 0 Å². The third-order valence-corrected chi connectivity index (χ3v) is 6.34. The average Bonchev–Trinajstić information content (AvgIpc) is 3.41. The first-order valence-electron chi connectivity index (χ1n) is 8.77. The van der Waals surface area contributed by atoms with Crippen molar-refractivity contribution in [2.45, 2.75) is 24.4 Å². The Morgan fingerprint density at radius 1 is 1.21 bits per heavy atom. The molecule has 0 saturated heterocycles. The quantitative estimate of drug-likeness (QED) is 0.340. The third kappa shape index (κ3) is 3.14. The fraction of sp³-hybridized carbons (Fsp3) is 0.150. The Kier molecular flexibility index (Phi) is 4.29. The van der Waals surface area contributed by atoms with Gasteiger partial charge in [0.05, 0.1) is 35.0 Å². The lowest BCUT2D eigenvalue weighted by molar-refractivity contribution is 0.477. The fourth-order valence-electron chi connectivity index (χ4n) is 3.13. The molecular weight excluding hydrogens is 392 g/mol. The number of imidazole rings is 1. The van der Waals surface area contributed by atoms with Crippen LogP contribution >= 0.6 is 23.1 Å². The van der Waals surface area contributed by atoms with Crippen LogP contribution in [0.2, 0.25) is 0 Å². The summed E-state index contributed by atoms with van der Waals surface area (Å²) >= 11 is 3.04. The van der Waals surface area contributed by atoms with Crippen LogP contribution in [0, 0.1) is 6.92 Å². The summed E-state index contributed by atoms with van der Waals surface area (Å²) in [4.78, 5) is 27.6. The number of rotatable bonds is 5. The number of thiophene rings is 1. The first kappa shape index (κ1) is 17.3. The zero-order valence-electron chi connectivity index (χ0n) is 15.0. The summed E-state index contributed by atoms with van der Waals surface area (Å²) < 4.78 is 7.14. The molecule has 0 aliphatic carbocycles. The van der Waals surface area contributed by atoms with Crippen LogP contribution in [0.1, 0.15) is 16.5 Å². The number of aryl methyl sites for hydroxylation is 1. The van der Waals surface area contributed by atoms with Gasteiger partial charge in [0, 0.05) is 4.88 Å². The highest BCUT2D eigenvalue weighted by Crippen LogP contribution is 2.26. The number of benzene rings is 1. The van der Waals surface area contributed by atoms with E-state index in [1.165, 1.54) is 23.1 Å². The lowest BCUT2D eigenvalue weighted by Crippen LogP contribution is -2.23.